The number of hydrogen-bond donors (Lipinski definition) is 1. The molecule has 6 nitrogen and oxygen atoms in total. The highest BCUT2D eigenvalue weighted by molar-refractivity contribution is 5.96. The Balaban J connectivity index is 1.82. The minimum atomic E-state index is -4.51. The molecule has 2 heterocycles. The standard InChI is InChI=1S/C15H18F3N3O3/c16-15(17,18)10-24-14-11(4-1-6-20-14)13(23)19-7-3-9-21-8-2-5-12(21)22/h1,4,6H,2-3,5,7-10H2,(H,19,23). The first kappa shape index (κ1) is 18.0. The molecule has 2 amide bonds. The lowest BCUT2D eigenvalue weighted by Crippen LogP contribution is -2.31. The summed E-state index contributed by atoms with van der Waals surface area (Å²) in [5.41, 5.74) is -0.0565. The van der Waals surface area contributed by atoms with E-state index in [4.69, 9.17) is 0 Å². The number of aromatic nitrogens is 1. The zero-order chi connectivity index (χ0) is 17.6. The molecule has 0 saturated carbocycles. The molecule has 1 aromatic rings. The Kier molecular flexibility index (Phi) is 5.99. The largest absolute Gasteiger partial charge is 0.467 e. The number of alkyl halides is 3. The van der Waals surface area contributed by atoms with Gasteiger partial charge in [0, 0.05) is 32.3 Å². The molecule has 24 heavy (non-hydrogen) atoms. The molecule has 2 rings (SSSR count). The van der Waals surface area contributed by atoms with Crippen LogP contribution in [0.5, 0.6) is 5.88 Å². The molecule has 9 heteroatoms. The molecule has 1 aliphatic rings. The Hall–Kier alpha value is -2.32. The SMILES string of the molecule is O=C(NCCCN1CCCC1=O)c1cccnc1OCC(F)(F)F. The number of pyridine rings is 1. The van der Waals surface area contributed by atoms with Crippen LogP contribution in [0.15, 0.2) is 18.3 Å². The van der Waals surface area contributed by atoms with Crippen molar-refractivity contribution in [1.82, 2.24) is 15.2 Å². The monoisotopic (exact) mass is 345 g/mol. The highest BCUT2D eigenvalue weighted by Gasteiger charge is 2.29. The number of likely N-dealkylation sites (tertiary alicyclic amines) is 1. The van der Waals surface area contributed by atoms with Gasteiger partial charge < -0.3 is 15.0 Å². The summed E-state index contributed by atoms with van der Waals surface area (Å²) in [7, 11) is 0. The fourth-order valence-electron chi connectivity index (χ4n) is 2.34. The third-order valence-corrected chi connectivity index (χ3v) is 3.45. The fourth-order valence-corrected chi connectivity index (χ4v) is 2.34. The van der Waals surface area contributed by atoms with Crippen molar-refractivity contribution in [3.63, 3.8) is 0 Å². The Bertz CT molecular complexity index is 593. The van der Waals surface area contributed by atoms with Gasteiger partial charge in [-0.05, 0) is 25.0 Å². The average molecular weight is 345 g/mol. The fraction of sp³-hybridized carbons (Fsp3) is 0.533. The molecule has 0 bridgehead atoms. The first-order chi connectivity index (χ1) is 11.4. The second-order valence-electron chi connectivity index (χ2n) is 5.35. The van der Waals surface area contributed by atoms with Gasteiger partial charge in [-0.15, -0.1) is 0 Å². The van der Waals surface area contributed by atoms with Gasteiger partial charge in [-0.1, -0.05) is 0 Å². The maximum atomic E-state index is 12.2. The lowest BCUT2D eigenvalue weighted by atomic mass is 10.2. The number of halogens is 3. The van der Waals surface area contributed by atoms with Crippen molar-refractivity contribution in [3.05, 3.63) is 23.9 Å². The van der Waals surface area contributed by atoms with Crippen LogP contribution >= 0.6 is 0 Å². The van der Waals surface area contributed by atoms with Gasteiger partial charge in [-0.25, -0.2) is 4.98 Å². The number of ether oxygens (including phenoxy) is 1. The molecule has 0 spiro atoms. The van der Waals surface area contributed by atoms with Crippen molar-refractivity contribution in [2.24, 2.45) is 0 Å². The summed E-state index contributed by atoms with van der Waals surface area (Å²) in [6, 6.07) is 2.79. The van der Waals surface area contributed by atoms with E-state index in [0.29, 0.717) is 25.9 Å². The zero-order valence-corrected chi connectivity index (χ0v) is 12.9. The summed E-state index contributed by atoms with van der Waals surface area (Å²) in [5.74, 6) is -0.813. The molecule has 1 saturated heterocycles. The van der Waals surface area contributed by atoms with Gasteiger partial charge in [0.25, 0.3) is 5.91 Å². The smallest absolute Gasteiger partial charge is 0.422 e. The van der Waals surface area contributed by atoms with Crippen LogP contribution in [0.2, 0.25) is 0 Å². The van der Waals surface area contributed by atoms with E-state index < -0.39 is 18.7 Å². The first-order valence-electron chi connectivity index (χ1n) is 7.57. The summed E-state index contributed by atoms with van der Waals surface area (Å²) in [4.78, 5) is 28.9. The molecule has 0 radical (unpaired) electrons. The van der Waals surface area contributed by atoms with Gasteiger partial charge in [0.15, 0.2) is 6.61 Å². The molecular weight excluding hydrogens is 327 g/mol. The van der Waals surface area contributed by atoms with Crippen LogP contribution in [0.25, 0.3) is 0 Å². The third-order valence-electron chi connectivity index (χ3n) is 3.45. The predicted octanol–water partition coefficient (Wildman–Crippen LogP) is 1.76. The lowest BCUT2D eigenvalue weighted by Gasteiger charge is -2.15. The summed E-state index contributed by atoms with van der Waals surface area (Å²) >= 11 is 0. The van der Waals surface area contributed by atoms with Crippen molar-refractivity contribution < 1.29 is 27.5 Å². The van der Waals surface area contributed by atoms with E-state index in [1.807, 2.05) is 0 Å². The molecule has 1 N–H and O–H groups in total. The van der Waals surface area contributed by atoms with Crippen molar-refractivity contribution in [1.29, 1.82) is 0 Å². The minimum absolute atomic E-state index is 0.0565. The topological polar surface area (TPSA) is 71.5 Å². The molecule has 1 fully saturated rings. The number of hydrogen-bond acceptors (Lipinski definition) is 4. The molecule has 0 aliphatic carbocycles. The first-order valence-corrected chi connectivity index (χ1v) is 7.57. The number of rotatable bonds is 7. The summed E-state index contributed by atoms with van der Waals surface area (Å²) in [6.45, 7) is 0.0615. The van der Waals surface area contributed by atoms with Crippen LogP contribution in [-0.4, -0.2) is 54.1 Å². The van der Waals surface area contributed by atoms with Crippen LogP contribution in [0, 0.1) is 0 Å². The quantitative estimate of drug-likeness (QED) is 0.765. The molecule has 1 aliphatic heterocycles. The highest BCUT2D eigenvalue weighted by Crippen LogP contribution is 2.19. The van der Waals surface area contributed by atoms with E-state index in [2.05, 4.69) is 15.0 Å². The van der Waals surface area contributed by atoms with Gasteiger partial charge in [0.05, 0.1) is 0 Å². The van der Waals surface area contributed by atoms with Gasteiger partial charge >= 0.3 is 6.18 Å². The van der Waals surface area contributed by atoms with Gasteiger partial charge in [-0.2, -0.15) is 13.2 Å². The molecule has 0 aromatic carbocycles. The number of amides is 2. The Morgan fingerprint density at radius 2 is 2.21 bits per heavy atom. The van der Waals surface area contributed by atoms with E-state index >= 15 is 0 Å². The summed E-state index contributed by atoms with van der Waals surface area (Å²) in [5, 5.41) is 2.60. The number of nitrogens with one attached hydrogen (secondary N) is 1. The molecule has 132 valence electrons. The normalized spacial score (nSPS) is 14.8. The van der Waals surface area contributed by atoms with Crippen LogP contribution in [0.3, 0.4) is 0 Å². The van der Waals surface area contributed by atoms with Crippen molar-refractivity contribution in [2.75, 3.05) is 26.2 Å². The van der Waals surface area contributed by atoms with Crippen LogP contribution < -0.4 is 10.1 Å². The predicted molar refractivity (Wildman–Crippen MR) is 78.6 cm³/mol. The van der Waals surface area contributed by atoms with Gasteiger partial charge in [0.2, 0.25) is 11.8 Å². The maximum absolute atomic E-state index is 12.2. The van der Waals surface area contributed by atoms with E-state index in [0.717, 1.165) is 13.0 Å². The lowest BCUT2D eigenvalue weighted by molar-refractivity contribution is -0.154. The van der Waals surface area contributed by atoms with E-state index in [1.165, 1.54) is 18.3 Å². The molecule has 0 unspecified atom stereocenters. The molecule has 0 atom stereocenters. The summed E-state index contributed by atoms with van der Waals surface area (Å²) in [6.07, 6.45) is -1.28. The van der Waals surface area contributed by atoms with E-state index in [9.17, 15) is 22.8 Å². The Morgan fingerprint density at radius 1 is 1.42 bits per heavy atom. The van der Waals surface area contributed by atoms with Gasteiger partial charge in [-0.3, -0.25) is 9.59 Å². The second-order valence-corrected chi connectivity index (χ2v) is 5.35. The highest BCUT2D eigenvalue weighted by atomic mass is 19.4. The average Bonchev–Trinajstić information content (AvgIpc) is 2.94. The minimum Gasteiger partial charge on any atom is -0.467 e. The number of nitrogens with zero attached hydrogens (tertiary/aromatic N) is 2. The maximum Gasteiger partial charge on any atom is 0.422 e. The number of carbonyl (C=O) groups excluding carboxylic acids is 2. The Morgan fingerprint density at radius 3 is 2.88 bits per heavy atom. The molecule has 1 aromatic heterocycles. The Labute approximate surface area is 137 Å². The third kappa shape index (κ3) is 5.39. The van der Waals surface area contributed by atoms with Crippen molar-refractivity contribution in [3.8, 4) is 5.88 Å². The zero-order valence-electron chi connectivity index (χ0n) is 12.9. The van der Waals surface area contributed by atoms with E-state index in [-0.39, 0.29) is 17.4 Å². The van der Waals surface area contributed by atoms with Crippen molar-refractivity contribution in [2.45, 2.75) is 25.4 Å². The second kappa shape index (κ2) is 7.98. The van der Waals surface area contributed by atoms with Crippen molar-refractivity contribution >= 4 is 11.8 Å². The van der Waals surface area contributed by atoms with Crippen LogP contribution in [0.1, 0.15) is 29.6 Å². The van der Waals surface area contributed by atoms with E-state index in [1.54, 1.807) is 4.90 Å². The van der Waals surface area contributed by atoms with Crippen LogP contribution in [-0.2, 0) is 4.79 Å². The summed E-state index contributed by atoms with van der Waals surface area (Å²) < 4.78 is 41.2. The van der Waals surface area contributed by atoms with Gasteiger partial charge in [0.1, 0.15) is 5.56 Å². The molecular formula is C15H18F3N3O3. The van der Waals surface area contributed by atoms with Crippen LogP contribution in [0.4, 0.5) is 13.2 Å². The number of carbonyl (C=O) groups is 2.